The van der Waals surface area contributed by atoms with E-state index >= 15 is 0 Å². The third-order valence-electron chi connectivity index (χ3n) is 2.55. The molecule has 0 bridgehead atoms. The van der Waals surface area contributed by atoms with Crippen LogP contribution in [0.3, 0.4) is 0 Å². The summed E-state index contributed by atoms with van der Waals surface area (Å²) in [5.41, 5.74) is 1.25. The van der Waals surface area contributed by atoms with E-state index in [1.807, 2.05) is 18.2 Å². The lowest BCUT2D eigenvalue weighted by Gasteiger charge is -2.15. The molecule has 81 valence electrons. The van der Waals surface area contributed by atoms with Gasteiger partial charge in [0.05, 0.1) is 0 Å². The summed E-state index contributed by atoms with van der Waals surface area (Å²) in [6.07, 6.45) is 1.77. The van der Waals surface area contributed by atoms with Crippen LogP contribution in [-0.2, 0) is 11.2 Å². The Morgan fingerprint density at radius 1 is 1.13 bits per heavy atom. The van der Waals surface area contributed by atoms with Gasteiger partial charge in [0.2, 0.25) is 0 Å². The lowest BCUT2D eigenvalue weighted by Crippen LogP contribution is -2.15. The van der Waals surface area contributed by atoms with Crippen molar-refractivity contribution in [3.8, 4) is 0 Å². The fourth-order valence-corrected chi connectivity index (χ4v) is 1.75. The first-order valence-corrected chi connectivity index (χ1v) is 5.43. The summed E-state index contributed by atoms with van der Waals surface area (Å²) >= 11 is 0. The van der Waals surface area contributed by atoms with Gasteiger partial charge in [-0.05, 0) is 31.2 Å². The molecule has 0 aliphatic heterocycles. The van der Waals surface area contributed by atoms with E-state index in [2.05, 4.69) is 26.0 Å². The third-order valence-corrected chi connectivity index (χ3v) is 2.55. The van der Waals surface area contributed by atoms with Gasteiger partial charge in [-0.1, -0.05) is 44.2 Å². The molecule has 0 aromatic heterocycles. The molecule has 1 aromatic carbocycles. The average Bonchev–Trinajstić information content (AvgIpc) is 2.17. The highest BCUT2D eigenvalue weighted by Crippen LogP contribution is 2.19. The van der Waals surface area contributed by atoms with Crippen molar-refractivity contribution in [2.24, 2.45) is 5.92 Å². The predicted octanol–water partition coefficient (Wildman–Crippen LogP) is 3.44. The molecule has 1 rings (SSSR count). The molecule has 0 aliphatic carbocycles. The van der Waals surface area contributed by atoms with E-state index < -0.39 is 0 Å². The molecule has 0 fully saturated rings. The highest BCUT2D eigenvalue weighted by molar-refractivity contribution is 5.78. The van der Waals surface area contributed by atoms with Crippen LogP contribution >= 0.6 is 0 Å². The van der Waals surface area contributed by atoms with Gasteiger partial charge in [0, 0.05) is 5.92 Å². The standard InChI is InChI=1S/C14H19O/c1-11(2)9-14(12(3)15)10-13-7-5-4-6-8-13/h4-8,14H,9-10H2,1-3H3/t14-/m0/s1. The predicted molar refractivity (Wildman–Crippen MR) is 63.5 cm³/mol. The molecule has 0 saturated carbocycles. The smallest absolute Gasteiger partial charge is 0.133 e. The summed E-state index contributed by atoms with van der Waals surface area (Å²) in [6.45, 7) is 5.86. The van der Waals surface area contributed by atoms with Crippen LogP contribution in [0.4, 0.5) is 0 Å². The van der Waals surface area contributed by atoms with Crippen molar-refractivity contribution in [3.63, 3.8) is 0 Å². The Morgan fingerprint density at radius 2 is 1.73 bits per heavy atom. The number of benzene rings is 1. The second kappa shape index (κ2) is 5.69. The summed E-state index contributed by atoms with van der Waals surface area (Å²) in [7, 11) is 0. The van der Waals surface area contributed by atoms with Gasteiger partial charge in [-0.3, -0.25) is 4.79 Å². The molecular weight excluding hydrogens is 184 g/mol. The minimum atomic E-state index is 0.150. The molecule has 0 amide bonds. The second-order valence-electron chi connectivity index (χ2n) is 4.41. The minimum Gasteiger partial charge on any atom is -0.300 e. The van der Waals surface area contributed by atoms with E-state index in [1.165, 1.54) is 11.5 Å². The van der Waals surface area contributed by atoms with Crippen LogP contribution in [0.15, 0.2) is 30.3 Å². The zero-order valence-electron chi connectivity index (χ0n) is 9.79. The minimum absolute atomic E-state index is 0.150. The molecule has 0 unspecified atom stereocenters. The van der Waals surface area contributed by atoms with Crippen molar-refractivity contribution in [2.75, 3.05) is 0 Å². The van der Waals surface area contributed by atoms with Gasteiger partial charge < -0.3 is 0 Å². The van der Waals surface area contributed by atoms with Gasteiger partial charge in [-0.2, -0.15) is 0 Å². The lowest BCUT2D eigenvalue weighted by atomic mass is 9.88. The van der Waals surface area contributed by atoms with Crippen molar-refractivity contribution < 1.29 is 4.79 Å². The normalized spacial score (nSPS) is 12.8. The summed E-state index contributed by atoms with van der Waals surface area (Å²) in [5, 5.41) is 0. The fourth-order valence-electron chi connectivity index (χ4n) is 1.75. The Bertz CT molecular complexity index is 300. The first-order valence-electron chi connectivity index (χ1n) is 5.43. The Kier molecular flexibility index (Phi) is 4.54. The van der Waals surface area contributed by atoms with Gasteiger partial charge in [-0.15, -0.1) is 0 Å². The van der Waals surface area contributed by atoms with Crippen molar-refractivity contribution in [3.05, 3.63) is 41.8 Å². The number of carbonyl (C=O) groups excluding carboxylic acids is 1. The van der Waals surface area contributed by atoms with E-state index in [0.29, 0.717) is 5.78 Å². The molecule has 1 atom stereocenters. The fraction of sp³-hybridized carbons (Fsp3) is 0.429. The zero-order valence-corrected chi connectivity index (χ0v) is 9.79. The highest BCUT2D eigenvalue weighted by atomic mass is 16.1. The van der Waals surface area contributed by atoms with Gasteiger partial charge in [0.25, 0.3) is 0 Å². The molecule has 1 heteroatoms. The SMILES string of the molecule is C[C](C)C[C@@H](Cc1ccccc1)C(C)=O. The Labute approximate surface area is 92.5 Å². The first-order chi connectivity index (χ1) is 7.09. The van der Waals surface area contributed by atoms with Crippen LogP contribution in [0.1, 0.15) is 32.8 Å². The Morgan fingerprint density at radius 3 is 2.20 bits per heavy atom. The molecular formula is C14H19O. The topological polar surface area (TPSA) is 17.1 Å². The molecule has 1 radical (unpaired) electrons. The summed E-state index contributed by atoms with van der Waals surface area (Å²) in [6, 6.07) is 10.2. The average molecular weight is 203 g/mol. The molecule has 0 aliphatic rings. The van der Waals surface area contributed by atoms with E-state index in [0.717, 1.165) is 12.8 Å². The maximum absolute atomic E-state index is 11.5. The Hall–Kier alpha value is -1.11. The maximum atomic E-state index is 11.5. The summed E-state index contributed by atoms with van der Waals surface area (Å²) < 4.78 is 0. The second-order valence-corrected chi connectivity index (χ2v) is 4.41. The Balaban J connectivity index is 2.63. The van der Waals surface area contributed by atoms with Crippen LogP contribution in [0.2, 0.25) is 0 Å². The van der Waals surface area contributed by atoms with Crippen LogP contribution in [0.5, 0.6) is 0 Å². The van der Waals surface area contributed by atoms with Crippen LogP contribution < -0.4 is 0 Å². The molecule has 15 heavy (non-hydrogen) atoms. The van der Waals surface area contributed by atoms with E-state index in [1.54, 1.807) is 6.92 Å². The van der Waals surface area contributed by atoms with Crippen LogP contribution in [0.25, 0.3) is 0 Å². The summed E-state index contributed by atoms with van der Waals surface area (Å²) in [4.78, 5) is 11.5. The van der Waals surface area contributed by atoms with Gasteiger partial charge in [-0.25, -0.2) is 0 Å². The number of hydrogen-bond donors (Lipinski definition) is 0. The van der Waals surface area contributed by atoms with Crippen LogP contribution in [-0.4, -0.2) is 5.78 Å². The first kappa shape index (κ1) is 12.0. The van der Waals surface area contributed by atoms with E-state index in [-0.39, 0.29) is 5.92 Å². The lowest BCUT2D eigenvalue weighted by molar-refractivity contribution is -0.120. The van der Waals surface area contributed by atoms with Gasteiger partial charge in [0.15, 0.2) is 0 Å². The number of Topliss-reactive ketones (excluding diaryl/α,β-unsaturated/α-hetero) is 1. The number of carbonyl (C=O) groups is 1. The number of rotatable bonds is 5. The monoisotopic (exact) mass is 203 g/mol. The van der Waals surface area contributed by atoms with Gasteiger partial charge in [0.1, 0.15) is 5.78 Å². The quantitative estimate of drug-likeness (QED) is 0.716. The highest BCUT2D eigenvalue weighted by Gasteiger charge is 2.16. The molecule has 1 aromatic rings. The largest absolute Gasteiger partial charge is 0.300 e. The third kappa shape index (κ3) is 4.28. The molecule has 0 N–H and O–H groups in total. The van der Waals surface area contributed by atoms with Crippen LogP contribution in [0, 0.1) is 11.8 Å². The number of hydrogen-bond acceptors (Lipinski definition) is 1. The maximum Gasteiger partial charge on any atom is 0.133 e. The van der Waals surface area contributed by atoms with Crippen molar-refractivity contribution in [1.29, 1.82) is 0 Å². The zero-order chi connectivity index (χ0) is 11.3. The van der Waals surface area contributed by atoms with E-state index in [4.69, 9.17) is 0 Å². The van der Waals surface area contributed by atoms with Crippen molar-refractivity contribution >= 4 is 5.78 Å². The molecule has 0 heterocycles. The van der Waals surface area contributed by atoms with Gasteiger partial charge >= 0.3 is 0 Å². The van der Waals surface area contributed by atoms with Crippen molar-refractivity contribution in [2.45, 2.75) is 33.6 Å². The molecule has 0 spiro atoms. The van der Waals surface area contributed by atoms with E-state index in [9.17, 15) is 4.79 Å². The summed E-state index contributed by atoms with van der Waals surface area (Å²) in [5.74, 6) is 1.77. The molecule has 1 nitrogen and oxygen atoms in total. The number of ketones is 1. The van der Waals surface area contributed by atoms with Crippen molar-refractivity contribution in [1.82, 2.24) is 0 Å². The molecule has 0 saturated heterocycles.